The minimum atomic E-state index is -0.0397. The molecule has 0 aliphatic carbocycles. The van der Waals surface area contributed by atoms with Gasteiger partial charge in [0.25, 0.3) is 0 Å². The normalized spacial score (nSPS) is 10.7. The Balaban J connectivity index is 1.48. The smallest absolute Gasteiger partial charge is 0.228 e. The Morgan fingerprint density at radius 3 is 2.41 bits per heavy atom. The van der Waals surface area contributed by atoms with E-state index in [1.807, 2.05) is 54.6 Å². The Hall–Kier alpha value is -3.18. The zero-order valence-corrected chi connectivity index (χ0v) is 17.4. The summed E-state index contributed by atoms with van der Waals surface area (Å²) in [7, 11) is 0. The second-order valence-electron chi connectivity index (χ2n) is 6.80. The predicted molar refractivity (Wildman–Crippen MR) is 119 cm³/mol. The summed E-state index contributed by atoms with van der Waals surface area (Å²) in [6.45, 7) is 2.07. The van der Waals surface area contributed by atoms with Gasteiger partial charge in [-0.05, 0) is 65.6 Å². The molecule has 0 fully saturated rings. The molecule has 1 N–H and O–H groups in total. The molecule has 1 heterocycles. The fourth-order valence-electron chi connectivity index (χ4n) is 3.16. The maximum Gasteiger partial charge on any atom is 0.228 e. The zero-order valence-electron chi connectivity index (χ0n) is 15.9. The van der Waals surface area contributed by atoms with Crippen molar-refractivity contribution in [3.05, 3.63) is 94.8 Å². The molecule has 0 saturated carbocycles. The SMILES string of the molecule is Cc1ccc(-c2ncco2)cc1-c1ccc(NC(=O)Cc2ccc(Br)cc2)cc1. The van der Waals surface area contributed by atoms with E-state index in [0.29, 0.717) is 12.3 Å². The number of amides is 1. The number of hydrogen-bond donors (Lipinski definition) is 1. The van der Waals surface area contributed by atoms with E-state index in [4.69, 9.17) is 4.42 Å². The van der Waals surface area contributed by atoms with Crippen molar-refractivity contribution in [1.82, 2.24) is 4.98 Å². The second kappa shape index (κ2) is 8.45. The van der Waals surface area contributed by atoms with E-state index < -0.39 is 0 Å². The minimum Gasteiger partial charge on any atom is -0.445 e. The molecule has 1 aromatic heterocycles. The van der Waals surface area contributed by atoms with Crippen LogP contribution in [0.2, 0.25) is 0 Å². The first-order valence-corrected chi connectivity index (χ1v) is 10.0. The minimum absolute atomic E-state index is 0.0397. The number of anilines is 1. The summed E-state index contributed by atoms with van der Waals surface area (Å²) in [5, 5.41) is 2.96. The molecule has 4 rings (SSSR count). The van der Waals surface area contributed by atoms with Crippen molar-refractivity contribution in [2.45, 2.75) is 13.3 Å². The van der Waals surface area contributed by atoms with Gasteiger partial charge in [0, 0.05) is 15.7 Å². The number of halogens is 1. The van der Waals surface area contributed by atoms with Crippen LogP contribution in [0.4, 0.5) is 5.69 Å². The lowest BCUT2D eigenvalue weighted by Gasteiger charge is -2.10. The van der Waals surface area contributed by atoms with Crippen LogP contribution in [0.3, 0.4) is 0 Å². The van der Waals surface area contributed by atoms with Crippen LogP contribution in [0.25, 0.3) is 22.6 Å². The van der Waals surface area contributed by atoms with Crippen LogP contribution in [0.1, 0.15) is 11.1 Å². The molecule has 5 heteroatoms. The molecule has 4 nitrogen and oxygen atoms in total. The number of nitrogens with zero attached hydrogens (tertiary/aromatic N) is 1. The van der Waals surface area contributed by atoms with Gasteiger partial charge in [0.05, 0.1) is 12.6 Å². The number of nitrogens with one attached hydrogen (secondary N) is 1. The summed E-state index contributed by atoms with van der Waals surface area (Å²) in [6, 6.07) is 21.8. The molecule has 0 radical (unpaired) electrons. The molecule has 0 atom stereocenters. The van der Waals surface area contributed by atoms with E-state index in [-0.39, 0.29) is 5.91 Å². The molecule has 4 aromatic rings. The molecule has 0 spiro atoms. The predicted octanol–water partition coefficient (Wildman–Crippen LogP) is 6.26. The molecule has 29 heavy (non-hydrogen) atoms. The van der Waals surface area contributed by atoms with Crippen LogP contribution < -0.4 is 5.32 Å². The molecule has 0 unspecified atom stereocenters. The number of benzene rings is 3. The van der Waals surface area contributed by atoms with Crippen molar-refractivity contribution in [3.63, 3.8) is 0 Å². The molecule has 0 aliphatic rings. The topological polar surface area (TPSA) is 55.1 Å². The molecular weight excluding hydrogens is 428 g/mol. The van der Waals surface area contributed by atoms with Crippen LogP contribution in [0.5, 0.6) is 0 Å². The fourth-order valence-corrected chi connectivity index (χ4v) is 3.42. The Labute approximate surface area is 177 Å². The van der Waals surface area contributed by atoms with Crippen molar-refractivity contribution in [3.8, 4) is 22.6 Å². The summed E-state index contributed by atoms with van der Waals surface area (Å²) < 4.78 is 6.41. The van der Waals surface area contributed by atoms with Crippen molar-refractivity contribution in [1.29, 1.82) is 0 Å². The Morgan fingerprint density at radius 1 is 1.00 bits per heavy atom. The standard InChI is InChI=1S/C24H19BrN2O2/c1-16-2-5-19(24-26-12-13-29-24)15-22(16)18-6-10-21(11-7-18)27-23(28)14-17-3-8-20(25)9-4-17/h2-13,15H,14H2,1H3,(H,27,28). The Morgan fingerprint density at radius 2 is 1.72 bits per heavy atom. The highest BCUT2D eigenvalue weighted by molar-refractivity contribution is 9.10. The summed E-state index contributed by atoms with van der Waals surface area (Å²) in [6.07, 6.45) is 3.55. The first kappa shape index (κ1) is 19.2. The van der Waals surface area contributed by atoms with Crippen LogP contribution >= 0.6 is 15.9 Å². The van der Waals surface area contributed by atoms with Crippen molar-refractivity contribution < 1.29 is 9.21 Å². The highest BCUT2D eigenvalue weighted by Crippen LogP contribution is 2.29. The maximum absolute atomic E-state index is 12.3. The lowest BCUT2D eigenvalue weighted by Crippen LogP contribution is -2.14. The second-order valence-corrected chi connectivity index (χ2v) is 7.71. The molecule has 144 valence electrons. The highest BCUT2D eigenvalue weighted by atomic mass is 79.9. The Bertz CT molecular complexity index is 1120. The zero-order chi connectivity index (χ0) is 20.2. The molecule has 0 saturated heterocycles. The number of hydrogen-bond acceptors (Lipinski definition) is 3. The van der Waals surface area contributed by atoms with Crippen molar-refractivity contribution in [2.24, 2.45) is 0 Å². The van der Waals surface area contributed by atoms with Gasteiger partial charge < -0.3 is 9.73 Å². The monoisotopic (exact) mass is 446 g/mol. The maximum atomic E-state index is 12.3. The van der Waals surface area contributed by atoms with E-state index >= 15 is 0 Å². The van der Waals surface area contributed by atoms with Gasteiger partial charge in [-0.3, -0.25) is 4.79 Å². The Kier molecular flexibility index (Phi) is 5.58. The van der Waals surface area contributed by atoms with Crippen LogP contribution in [0.15, 0.2) is 88.1 Å². The summed E-state index contributed by atoms with van der Waals surface area (Å²) >= 11 is 3.40. The lowest BCUT2D eigenvalue weighted by atomic mass is 9.98. The number of aryl methyl sites for hydroxylation is 1. The first-order valence-electron chi connectivity index (χ1n) is 9.24. The lowest BCUT2D eigenvalue weighted by molar-refractivity contribution is -0.115. The average molecular weight is 447 g/mol. The number of aromatic nitrogens is 1. The third kappa shape index (κ3) is 4.63. The van der Waals surface area contributed by atoms with E-state index in [9.17, 15) is 4.79 Å². The number of carbonyl (C=O) groups excluding carboxylic acids is 1. The van der Waals surface area contributed by atoms with Gasteiger partial charge >= 0.3 is 0 Å². The summed E-state index contributed by atoms with van der Waals surface area (Å²) in [4.78, 5) is 16.5. The summed E-state index contributed by atoms with van der Waals surface area (Å²) in [5.41, 5.74) is 6.02. The van der Waals surface area contributed by atoms with Crippen molar-refractivity contribution >= 4 is 27.5 Å². The quantitative estimate of drug-likeness (QED) is 0.393. The number of oxazole rings is 1. The van der Waals surface area contributed by atoms with Gasteiger partial charge in [0.2, 0.25) is 11.8 Å². The van der Waals surface area contributed by atoms with Gasteiger partial charge in [-0.2, -0.15) is 0 Å². The van der Waals surface area contributed by atoms with Gasteiger partial charge in [-0.25, -0.2) is 4.98 Å². The van der Waals surface area contributed by atoms with E-state index in [1.54, 1.807) is 12.5 Å². The third-order valence-corrected chi connectivity index (χ3v) is 5.20. The number of carbonyl (C=O) groups is 1. The average Bonchev–Trinajstić information content (AvgIpc) is 3.26. The largest absolute Gasteiger partial charge is 0.445 e. The number of rotatable bonds is 5. The molecule has 0 bridgehead atoms. The first-order chi connectivity index (χ1) is 14.1. The third-order valence-electron chi connectivity index (χ3n) is 4.67. The van der Waals surface area contributed by atoms with Crippen LogP contribution in [0, 0.1) is 6.92 Å². The molecule has 3 aromatic carbocycles. The van der Waals surface area contributed by atoms with Crippen LogP contribution in [-0.2, 0) is 11.2 Å². The molecule has 0 aliphatic heterocycles. The van der Waals surface area contributed by atoms with Crippen molar-refractivity contribution in [2.75, 3.05) is 5.32 Å². The molecule has 1 amide bonds. The van der Waals surface area contributed by atoms with E-state index in [0.717, 1.165) is 38.0 Å². The van der Waals surface area contributed by atoms with Gasteiger partial charge in [-0.15, -0.1) is 0 Å². The van der Waals surface area contributed by atoms with E-state index in [1.165, 1.54) is 0 Å². The fraction of sp³-hybridized carbons (Fsp3) is 0.0833. The highest BCUT2D eigenvalue weighted by Gasteiger charge is 2.09. The van der Waals surface area contributed by atoms with Gasteiger partial charge in [-0.1, -0.05) is 46.3 Å². The summed E-state index contributed by atoms with van der Waals surface area (Å²) in [5.74, 6) is 0.560. The van der Waals surface area contributed by atoms with Crippen LogP contribution in [-0.4, -0.2) is 10.9 Å². The van der Waals surface area contributed by atoms with E-state index in [2.05, 4.69) is 45.3 Å². The van der Waals surface area contributed by atoms with Gasteiger partial charge in [0.1, 0.15) is 6.26 Å². The van der Waals surface area contributed by atoms with Gasteiger partial charge in [0.15, 0.2) is 0 Å². The molecular formula is C24H19BrN2O2.